The zero-order valence-corrected chi connectivity index (χ0v) is 7.23. The third-order valence-electron chi connectivity index (χ3n) is 0. The topological polar surface area (TPSA) is 109 Å². The molecule has 0 aromatic rings. The van der Waals surface area contributed by atoms with E-state index in [0.717, 1.165) is 0 Å². The molecule has 8 heavy (non-hydrogen) atoms. The van der Waals surface area contributed by atoms with Crippen molar-refractivity contribution in [1.29, 1.82) is 0 Å². The van der Waals surface area contributed by atoms with Crippen LogP contribution in [0, 0.1) is 30.2 Å². The average molecular weight is 249 g/mol. The van der Waals surface area contributed by atoms with E-state index >= 15 is 0 Å². The molecule has 0 saturated carbocycles. The molecule has 0 atom stereocenters. The van der Waals surface area contributed by atoms with Crippen LogP contribution in [0.5, 0.6) is 0 Å². The van der Waals surface area contributed by atoms with Crippen molar-refractivity contribution in [2.45, 2.75) is 0 Å². The van der Waals surface area contributed by atoms with Crippen LogP contribution in [0.25, 0.3) is 0 Å². The van der Waals surface area contributed by atoms with Crippen LogP contribution in [0.4, 0.5) is 4.79 Å². The molecule has 0 heterocycles. The van der Waals surface area contributed by atoms with Crippen LogP contribution in [0.3, 0.4) is 0 Å². The zero-order valence-electron chi connectivity index (χ0n) is 3.60. The van der Waals surface area contributed by atoms with Gasteiger partial charge in [-0.25, -0.2) is 4.79 Å². The Balaban J connectivity index is 0. The van der Waals surface area contributed by atoms with Crippen LogP contribution in [-0.2, 0) is 5.09 Å². The van der Waals surface area contributed by atoms with Gasteiger partial charge >= 0.3 is 41.5 Å². The Morgan fingerprint density at radius 2 is 1.12 bits per heavy atom. The van der Waals surface area contributed by atoms with Gasteiger partial charge in [0.25, 0.3) is 0 Å². The van der Waals surface area contributed by atoms with E-state index in [1.807, 2.05) is 0 Å². The third-order valence-corrected chi connectivity index (χ3v) is 0. The van der Waals surface area contributed by atoms with Crippen molar-refractivity contribution < 1.29 is 50.3 Å². The van der Waals surface area contributed by atoms with Gasteiger partial charge in [0.1, 0.15) is 0 Å². The van der Waals surface area contributed by atoms with Gasteiger partial charge in [0.15, 0.2) is 0 Å². The molecule has 0 aliphatic rings. The van der Waals surface area contributed by atoms with Gasteiger partial charge in [-0.1, -0.05) is 0 Å². The van der Waals surface area contributed by atoms with Crippen LogP contribution < -0.4 is 0 Å². The first-order valence-corrected chi connectivity index (χ1v) is 5.80. The first-order chi connectivity index (χ1) is 3.46. The molecule has 0 bridgehead atoms. The van der Waals surface area contributed by atoms with Crippen LogP contribution in [0.15, 0.2) is 0 Å². The number of carboxylic acid groups (broad SMARTS) is 2. The molecule has 2 N–H and O–H groups in total. The molecule has 0 saturated heterocycles. The molecular formula is CH2LaO6. The fourth-order valence-electron chi connectivity index (χ4n) is 0. The van der Waals surface area contributed by atoms with Gasteiger partial charge in [-0.05, 0) is 0 Å². The normalized spacial score (nSPS) is 4.88. The molecule has 0 unspecified atom stereocenters. The van der Waals surface area contributed by atoms with Gasteiger partial charge in [0.2, 0.25) is 0 Å². The maximum atomic E-state index is 8.64. The summed E-state index contributed by atoms with van der Waals surface area (Å²) in [5, 5.41) is 13.9. The molecule has 0 aromatic heterocycles. The van der Waals surface area contributed by atoms with Crippen molar-refractivity contribution >= 4 is 6.16 Å². The van der Waals surface area contributed by atoms with E-state index in [9.17, 15) is 0 Å². The Kier molecular flexibility index (Phi) is 9.25. The van der Waals surface area contributed by atoms with Gasteiger partial charge in [0, 0.05) is 0 Å². The van der Waals surface area contributed by atoms with E-state index in [-0.39, 0.29) is 0 Å². The predicted molar refractivity (Wildman–Crippen MR) is 12.7 cm³/mol. The van der Waals surface area contributed by atoms with E-state index in [1.165, 1.54) is 0 Å². The van der Waals surface area contributed by atoms with E-state index in [1.54, 1.807) is 0 Å². The van der Waals surface area contributed by atoms with Crippen molar-refractivity contribution in [3.8, 4) is 0 Å². The van der Waals surface area contributed by atoms with E-state index in [4.69, 9.17) is 20.1 Å². The van der Waals surface area contributed by atoms with Gasteiger partial charge < -0.3 is 10.2 Å². The summed E-state index contributed by atoms with van der Waals surface area (Å²) in [6.45, 7) is 0. The summed E-state index contributed by atoms with van der Waals surface area (Å²) in [5.74, 6) is 0. The Hall–Kier alpha value is -0.135. The molecule has 6 nitrogen and oxygen atoms in total. The van der Waals surface area contributed by atoms with Gasteiger partial charge in [-0.3, -0.25) is 0 Å². The number of hydrogen-bond acceptors (Lipinski definition) is 4. The molecule has 7 heteroatoms. The Morgan fingerprint density at radius 1 is 1.12 bits per heavy atom. The minimum atomic E-state index is -4.47. The summed E-state index contributed by atoms with van der Waals surface area (Å²) < 4.78 is 25.9. The Bertz CT molecular complexity index is 137. The standard InChI is InChI=1S/CH2O3.La.3O/c2-1(3)4;;;;/h(H2,2,3,4);;;;. The predicted octanol–water partition coefficient (Wildman–Crippen LogP) is -0.134. The molecule has 0 aliphatic heterocycles. The molecule has 0 radical (unpaired) electrons. The number of rotatable bonds is 0. The van der Waals surface area contributed by atoms with Crippen molar-refractivity contribution in [3.05, 3.63) is 0 Å². The molecule has 0 amide bonds. The SMILES string of the molecule is O=C(O)O.[O]=[La](=[O])=[O]. The van der Waals surface area contributed by atoms with Gasteiger partial charge in [-0.15, -0.1) is 0 Å². The summed E-state index contributed by atoms with van der Waals surface area (Å²) in [6, 6.07) is 0. The number of carbonyl (C=O) groups is 1. The minimum absolute atomic E-state index is 1.83. The van der Waals surface area contributed by atoms with Crippen molar-refractivity contribution in [1.82, 2.24) is 0 Å². The molecular weight excluding hydrogens is 247 g/mol. The summed E-state index contributed by atoms with van der Waals surface area (Å²) in [5.41, 5.74) is 0. The van der Waals surface area contributed by atoms with E-state index in [0.29, 0.717) is 0 Å². The Morgan fingerprint density at radius 3 is 1.12 bits per heavy atom. The van der Waals surface area contributed by atoms with Crippen molar-refractivity contribution in [2.75, 3.05) is 0 Å². The maximum absolute atomic E-state index is 8.64. The Labute approximate surface area is 56.3 Å². The average Bonchev–Trinajstić information content (AvgIpc) is 1.25. The van der Waals surface area contributed by atoms with Crippen LogP contribution in [0.1, 0.15) is 0 Å². The second-order valence-electron chi connectivity index (χ2n) is 0.571. The first-order valence-electron chi connectivity index (χ1n) is 1.36. The summed E-state index contributed by atoms with van der Waals surface area (Å²) in [6.07, 6.45) is -1.83. The summed E-state index contributed by atoms with van der Waals surface area (Å²) in [7, 11) is 0. The third kappa shape index (κ3) is 7590. The monoisotopic (exact) mass is 249 g/mol. The molecule has 0 rings (SSSR count). The molecule has 0 fully saturated rings. The molecule has 0 aliphatic carbocycles. The molecule has 0 aromatic carbocycles. The van der Waals surface area contributed by atoms with E-state index in [2.05, 4.69) is 0 Å². The second-order valence-corrected chi connectivity index (χ2v) is 2.38. The fraction of sp³-hybridized carbons (Fsp3) is 0. The fourth-order valence-corrected chi connectivity index (χ4v) is 0. The van der Waals surface area contributed by atoms with Crippen molar-refractivity contribution in [2.24, 2.45) is 0 Å². The second kappa shape index (κ2) is 6.86. The van der Waals surface area contributed by atoms with Gasteiger partial charge in [-0.2, -0.15) is 0 Å². The zero-order chi connectivity index (χ0) is 7.15. The quantitative estimate of drug-likeness (QED) is 0.618. The van der Waals surface area contributed by atoms with Crippen LogP contribution in [-0.4, -0.2) is 16.4 Å². The first kappa shape index (κ1) is 10.8. The van der Waals surface area contributed by atoms with E-state index < -0.39 is 36.4 Å². The molecule has 45 valence electrons. The summed E-state index contributed by atoms with van der Waals surface area (Å²) in [4.78, 5) is 8.56. The molecule has 0 spiro atoms. The van der Waals surface area contributed by atoms with Gasteiger partial charge in [0.05, 0.1) is 0 Å². The van der Waals surface area contributed by atoms with Crippen molar-refractivity contribution in [3.63, 3.8) is 0 Å². The van der Waals surface area contributed by atoms with Crippen LogP contribution in [0.2, 0.25) is 0 Å². The number of hydrogen-bond donors (Lipinski definition) is 2. The summed E-state index contributed by atoms with van der Waals surface area (Å²) >= 11 is -4.47. The van der Waals surface area contributed by atoms with Crippen LogP contribution >= 0.6 is 0 Å².